The summed E-state index contributed by atoms with van der Waals surface area (Å²) in [5, 5.41) is 0. The lowest BCUT2D eigenvalue weighted by Crippen LogP contribution is -2.28. The molecule has 1 aliphatic heterocycles. The average molecular weight is 277 g/mol. The van der Waals surface area contributed by atoms with Crippen LogP contribution in [0.3, 0.4) is 0 Å². The van der Waals surface area contributed by atoms with E-state index in [0.717, 1.165) is 43.8 Å². The first kappa shape index (κ1) is 14.8. The maximum absolute atomic E-state index is 11.1. The lowest BCUT2D eigenvalue weighted by atomic mass is 10.1. The zero-order chi connectivity index (χ0) is 14.4. The second kappa shape index (κ2) is 7.26. The van der Waals surface area contributed by atoms with Crippen molar-refractivity contribution >= 4 is 5.91 Å². The van der Waals surface area contributed by atoms with E-state index in [2.05, 4.69) is 4.90 Å². The Morgan fingerprint density at radius 3 is 3.00 bits per heavy atom. The minimum atomic E-state index is -0.178. The lowest BCUT2D eigenvalue weighted by molar-refractivity contribution is -0.121. The fraction of sp³-hybridized carbons (Fsp3) is 0.533. The van der Waals surface area contributed by atoms with Gasteiger partial charge >= 0.3 is 0 Å². The summed E-state index contributed by atoms with van der Waals surface area (Å²) in [6.07, 6.45) is 1.83. The lowest BCUT2D eigenvalue weighted by Gasteiger charge is -2.15. The van der Waals surface area contributed by atoms with Gasteiger partial charge in [0.25, 0.3) is 0 Å². The second-order valence-electron chi connectivity index (χ2n) is 5.24. The molecule has 4 N–H and O–H groups in total. The van der Waals surface area contributed by atoms with Crippen molar-refractivity contribution in [1.29, 1.82) is 0 Å². The molecule has 0 bridgehead atoms. The third-order valence-corrected chi connectivity index (χ3v) is 3.70. The number of nitrogens with two attached hydrogens (primary N) is 2. The van der Waals surface area contributed by atoms with Crippen LogP contribution in [0.5, 0.6) is 5.75 Å². The van der Waals surface area contributed by atoms with Crippen molar-refractivity contribution in [2.24, 2.45) is 17.4 Å². The summed E-state index contributed by atoms with van der Waals surface area (Å²) in [4.78, 5) is 13.4. The largest absolute Gasteiger partial charge is 0.494 e. The Morgan fingerprint density at radius 1 is 1.45 bits per heavy atom. The molecule has 1 aromatic rings. The molecule has 1 saturated heterocycles. The van der Waals surface area contributed by atoms with Gasteiger partial charge in [-0.2, -0.15) is 0 Å². The van der Waals surface area contributed by atoms with E-state index in [4.69, 9.17) is 16.2 Å². The fourth-order valence-electron chi connectivity index (χ4n) is 2.51. The Balaban J connectivity index is 1.65. The van der Waals surface area contributed by atoms with E-state index in [1.807, 2.05) is 24.3 Å². The van der Waals surface area contributed by atoms with E-state index in [9.17, 15) is 4.79 Å². The molecule has 1 aliphatic rings. The molecule has 0 radical (unpaired) electrons. The van der Waals surface area contributed by atoms with Crippen LogP contribution >= 0.6 is 0 Å². The Hall–Kier alpha value is -1.59. The number of hydrogen-bond acceptors (Lipinski definition) is 4. The van der Waals surface area contributed by atoms with Gasteiger partial charge in [-0.05, 0) is 37.1 Å². The van der Waals surface area contributed by atoms with Crippen molar-refractivity contribution in [3.63, 3.8) is 0 Å². The quantitative estimate of drug-likeness (QED) is 0.720. The van der Waals surface area contributed by atoms with Crippen LogP contribution in [0.1, 0.15) is 18.4 Å². The van der Waals surface area contributed by atoms with Crippen molar-refractivity contribution in [3.05, 3.63) is 29.8 Å². The molecule has 5 nitrogen and oxygen atoms in total. The summed E-state index contributed by atoms with van der Waals surface area (Å²) in [5.41, 5.74) is 12.0. The molecule has 5 heteroatoms. The van der Waals surface area contributed by atoms with Crippen LogP contribution in [-0.2, 0) is 11.3 Å². The van der Waals surface area contributed by atoms with Crippen molar-refractivity contribution < 1.29 is 9.53 Å². The van der Waals surface area contributed by atoms with Gasteiger partial charge in [-0.25, -0.2) is 0 Å². The number of nitrogens with zero attached hydrogens (tertiary/aromatic N) is 1. The van der Waals surface area contributed by atoms with E-state index in [0.29, 0.717) is 13.2 Å². The Kier molecular flexibility index (Phi) is 5.38. The molecule has 2 rings (SSSR count). The SMILES string of the molecule is NCc1cccc(OCCCN2CCC(C(N)=O)C2)c1. The number of benzene rings is 1. The zero-order valence-corrected chi connectivity index (χ0v) is 11.8. The molecule has 0 saturated carbocycles. The monoisotopic (exact) mass is 277 g/mol. The zero-order valence-electron chi connectivity index (χ0n) is 11.8. The van der Waals surface area contributed by atoms with E-state index >= 15 is 0 Å². The Bertz CT molecular complexity index is 450. The van der Waals surface area contributed by atoms with E-state index in [1.54, 1.807) is 0 Å². The van der Waals surface area contributed by atoms with Crippen LogP contribution in [0, 0.1) is 5.92 Å². The van der Waals surface area contributed by atoms with Gasteiger partial charge in [0.05, 0.1) is 12.5 Å². The summed E-state index contributed by atoms with van der Waals surface area (Å²) in [7, 11) is 0. The molecule has 1 unspecified atom stereocenters. The number of carbonyl (C=O) groups is 1. The van der Waals surface area contributed by atoms with Gasteiger partial charge < -0.3 is 21.1 Å². The van der Waals surface area contributed by atoms with Gasteiger partial charge in [0.15, 0.2) is 0 Å². The van der Waals surface area contributed by atoms with Crippen LogP contribution < -0.4 is 16.2 Å². The van der Waals surface area contributed by atoms with Crippen molar-refractivity contribution in [2.45, 2.75) is 19.4 Å². The first-order chi connectivity index (χ1) is 9.69. The summed E-state index contributed by atoms with van der Waals surface area (Å²) >= 11 is 0. The summed E-state index contributed by atoms with van der Waals surface area (Å²) in [5.74, 6) is 0.712. The molecule has 20 heavy (non-hydrogen) atoms. The molecular weight excluding hydrogens is 254 g/mol. The van der Waals surface area contributed by atoms with Gasteiger partial charge in [0.2, 0.25) is 5.91 Å². The van der Waals surface area contributed by atoms with Crippen LogP contribution in [-0.4, -0.2) is 37.0 Å². The first-order valence-corrected chi connectivity index (χ1v) is 7.12. The van der Waals surface area contributed by atoms with Gasteiger partial charge in [0.1, 0.15) is 5.75 Å². The summed E-state index contributed by atoms with van der Waals surface area (Å²) < 4.78 is 5.71. The number of ether oxygens (including phenoxy) is 1. The third kappa shape index (κ3) is 4.21. The summed E-state index contributed by atoms with van der Waals surface area (Å²) in [6, 6.07) is 7.85. The van der Waals surface area contributed by atoms with E-state index in [1.165, 1.54) is 0 Å². The molecule has 1 amide bonds. The number of hydrogen-bond donors (Lipinski definition) is 2. The van der Waals surface area contributed by atoms with Gasteiger partial charge in [-0.1, -0.05) is 12.1 Å². The third-order valence-electron chi connectivity index (χ3n) is 3.70. The Labute approximate surface area is 119 Å². The number of primary amides is 1. The van der Waals surface area contributed by atoms with Gasteiger partial charge in [-0.3, -0.25) is 4.79 Å². The maximum atomic E-state index is 11.1. The molecule has 1 heterocycles. The number of amides is 1. The molecule has 0 aromatic heterocycles. The van der Waals surface area contributed by atoms with Gasteiger partial charge in [0, 0.05) is 19.6 Å². The first-order valence-electron chi connectivity index (χ1n) is 7.12. The molecule has 110 valence electrons. The van der Waals surface area contributed by atoms with Crippen molar-refractivity contribution in [3.8, 4) is 5.75 Å². The normalized spacial score (nSPS) is 19.1. The minimum absolute atomic E-state index is 0.0251. The minimum Gasteiger partial charge on any atom is -0.494 e. The number of rotatable bonds is 7. The van der Waals surface area contributed by atoms with Crippen molar-refractivity contribution in [2.75, 3.05) is 26.2 Å². The molecule has 1 fully saturated rings. The van der Waals surface area contributed by atoms with Crippen molar-refractivity contribution in [1.82, 2.24) is 4.90 Å². The van der Waals surface area contributed by atoms with Crippen LogP contribution in [0.2, 0.25) is 0 Å². The predicted octanol–water partition coefficient (Wildman–Crippen LogP) is 0.721. The topological polar surface area (TPSA) is 81.6 Å². The highest BCUT2D eigenvalue weighted by molar-refractivity contribution is 5.77. The highest BCUT2D eigenvalue weighted by Gasteiger charge is 2.25. The number of likely N-dealkylation sites (tertiary alicyclic amines) is 1. The van der Waals surface area contributed by atoms with Gasteiger partial charge in [-0.15, -0.1) is 0 Å². The smallest absolute Gasteiger partial charge is 0.221 e. The second-order valence-corrected chi connectivity index (χ2v) is 5.24. The molecule has 1 atom stereocenters. The summed E-state index contributed by atoms with van der Waals surface area (Å²) in [6.45, 7) is 3.89. The average Bonchev–Trinajstić information content (AvgIpc) is 2.93. The van der Waals surface area contributed by atoms with Crippen LogP contribution in [0.4, 0.5) is 0 Å². The molecule has 0 spiro atoms. The fourth-order valence-corrected chi connectivity index (χ4v) is 2.51. The number of carbonyl (C=O) groups excluding carboxylic acids is 1. The molecule has 1 aromatic carbocycles. The molecule has 0 aliphatic carbocycles. The Morgan fingerprint density at radius 2 is 2.30 bits per heavy atom. The predicted molar refractivity (Wildman–Crippen MR) is 78.2 cm³/mol. The van der Waals surface area contributed by atoms with Crippen LogP contribution in [0.25, 0.3) is 0 Å². The van der Waals surface area contributed by atoms with Crippen LogP contribution in [0.15, 0.2) is 24.3 Å². The standard InChI is InChI=1S/C15H23N3O2/c16-10-12-3-1-4-14(9-12)20-8-2-6-18-7-5-13(11-18)15(17)19/h1,3-4,9,13H,2,5-8,10-11,16H2,(H2,17,19). The maximum Gasteiger partial charge on any atom is 0.221 e. The highest BCUT2D eigenvalue weighted by Crippen LogP contribution is 2.16. The van der Waals surface area contributed by atoms with E-state index in [-0.39, 0.29) is 11.8 Å². The highest BCUT2D eigenvalue weighted by atomic mass is 16.5. The molecular formula is C15H23N3O2. The van der Waals surface area contributed by atoms with E-state index < -0.39 is 0 Å².